The molecule has 0 saturated carbocycles. The first-order valence-corrected chi connectivity index (χ1v) is 15.2. The first-order valence-electron chi connectivity index (χ1n) is 13.9. The van der Waals surface area contributed by atoms with Crippen LogP contribution >= 0.6 is 22.9 Å². The minimum absolute atomic E-state index is 0.0822. The molecule has 3 aliphatic rings. The number of para-hydroxylation sites is 1. The van der Waals surface area contributed by atoms with Crippen LogP contribution < -0.4 is 4.74 Å². The zero-order chi connectivity index (χ0) is 28.5. The molecule has 2 fully saturated rings. The Morgan fingerprint density at radius 2 is 1.95 bits per heavy atom. The van der Waals surface area contributed by atoms with Crippen LogP contribution in [0.3, 0.4) is 0 Å². The Morgan fingerprint density at radius 1 is 1.12 bits per heavy atom. The monoisotopic (exact) mass is 589 g/mol. The molecule has 6 nitrogen and oxygen atoms in total. The van der Waals surface area contributed by atoms with E-state index in [0.29, 0.717) is 31.2 Å². The minimum Gasteiger partial charge on any atom is -0.508 e. The van der Waals surface area contributed by atoms with E-state index in [1.807, 2.05) is 53.9 Å². The fourth-order valence-electron chi connectivity index (χ4n) is 6.40. The van der Waals surface area contributed by atoms with Gasteiger partial charge >= 0.3 is 0 Å². The molecule has 41 heavy (non-hydrogen) atoms. The Hall–Kier alpha value is -3.39. The van der Waals surface area contributed by atoms with E-state index in [1.54, 1.807) is 23.5 Å². The van der Waals surface area contributed by atoms with Gasteiger partial charge in [0.25, 0.3) is 0 Å². The highest BCUT2D eigenvalue weighted by Crippen LogP contribution is 2.50. The fourth-order valence-corrected chi connectivity index (χ4v) is 7.32. The van der Waals surface area contributed by atoms with E-state index in [1.165, 1.54) is 11.0 Å². The first kappa shape index (κ1) is 27.8. The molecule has 2 saturated heterocycles. The topological polar surface area (TPSA) is 76.1 Å². The van der Waals surface area contributed by atoms with Gasteiger partial charge in [-0.05, 0) is 84.7 Å². The molecule has 3 aromatic rings. The van der Waals surface area contributed by atoms with Crippen LogP contribution in [0.4, 0.5) is 0 Å². The molecule has 6 rings (SSSR count). The molecular weight excluding hydrogens is 558 g/mol. The number of aromatic hydroxyl groups is 1. The van der Waals surface area contributed by atoms with Crippen molar-refractivity contribution in [2.45, 2.75) is 38.8 Å². The van der Waals surface area contributed by atoms with Crippen LogP contribution in [-0.4, -0.2) is 41.1 Å². The average Bonchev–Trinajstić information content (AvgIpc) is 3.69. The van der Waals surface area contributed by atoms with Crippen LogP contribution in [0.2, 0.25) is 5.02 Å². The second kappa shape index (κ2) is 11.8. The maximum absolute atomic E-state index is 13.7. The predicted molar refractivity (Wildman–Crippen MR) is 160 cm³/mol. The number of carbonyl (C=O) groups excluding carboxylic acids is 2. The summed E-state index contributed by atoms with van der Waals surface area (Å²) in [4.78, 5) is 29.7. The van der Waals surface area contributed by atoms with Gasteiger partial charge in [-0.25, -0.2) is 0 Å². The molecule has 2 aliphatic heterocycles. The molecule has 0 spiro atoms. The van der Waals surface area contributed by atoms with E-state index in [-0.39, 0.29) is 35.5 Å². The number of phenolic OH excluding ortho intramolecular Hbond substituents is 1. The molecule has 4 atom stereocenters. The van der Waals surface area contributed by atoms with Crippen LogP contribution in [0.1, 0.15) is 36.6 Å². The summed E-state index contributed by atoms with van der Waals surface area (Å²) in [6, 6.07) is 18.5. The van der Waals surface area contributed by atoms with Crippen LogP contribution in [0.15, 0.2) is 82.8 Å². The van der Waals surface area contributed by atoms with E-state index in [2.05, 4.69) is 6.92 Å². The zero-order valence-electron chi connectivity index (χ0n) is 22.8. The van der Waals surface area contributed by atoms with Gasteiger partial charge in [0.1, 0.15) is 18.1 Å². The number of ether oxygens (including phenoxy) is 2. The third kappa shape index (κ3) is 5.71. The Morgan fingerprint density at radius 3 is 2.71 bits per heavy atom. The van der Waals surface area contributed by atoms with Crippen molar-refractivity contribution in [3.8, 4) is 11.5 Å². The van der Waals surface area contributed by atoms with Gasteiger partial charge in [0.05, 0.1) is 36.1 Å². The number of imide groups is 1. The second-order valence-electron chi connectivity index (χ2n) is 11.0. The summed E-state index contributed by atoms with van der Waals surface area (Å²) in [6.07, 6.45) is 3.91. The number of carbonyl (C=O) groups is 2. The Kier molecular flexibility index (Phi) is 8.02. The molecule has 1 N–H and O–H groups in total. The number of hydrogen-bond donors (Lipinski definition) is 1. The molecule has 3 heterocycles. The quantitative estimate of drug-likeness (QED) is 0.217. The molecule has 0 bridgehead atoms. The summed E-state index contributed by atoms with van der Waals surface area (Å²) in [5.74, 6) is -0.168. The highest BCUT2D eigenvalue weighted by atomic mass is 35.5. The smallest absolute Gasteiger partial charge is 0.234 e. The van der Waals surface area contributed by atoms with Crippen molar-refractivity contribution in [1.82, 2.24) is 4.90 Å². The van der Waals surface area contributed by atoms with Gasteiger partial charge in [-0.2, -0.15) is 0 Å². The normalized spacial score (nSPS) is 24.1. The lowest BCUT2D eigenvalue weighted by Gasteiger charge is -2.31. The van der Waals surface area contributed by atoms with Crippen LogP contribution in [0.25, 0.3) is 6.08 Å². The third-order valence-corrected chi connectivity index (χ3v) is 9.52. The van der Waals surface area contributed by atoms with Crippen LogP contribution in [0, 0.1) is 17.8 Å². The van der Waals surface area contributed by atoms with E-state index >= 15 is 0 Å². The lowest BCUT2D eigenvalue weighted by atomic mass is 9.69. The highest BCUT2D eigenvalue weighted by Gasteiger charge is 2.57. The van der Waals surface area contributed by atoms with Crippen LogP contribution in [0.5, 0.6) is 11.5 Å². The summed E-state index contributed by atoms with van der Waals surface area (Å²) in [5, 5.41) is 12.1. The zero-order valence-corrected chi connectivity index (χ0v) is 24.4. The number of halogens is 1. The number of hydrogen-bond acceptors (Lipinski definition) is 6. The van der Waals surface area contributed by atoms with Gasteiger partial charge in [-0.3, -0.25) is 14.5 Å². The summed E-state index contributed by atoms with van der Waals surface area (Å²) in [6.45, 7) is 3.17. The minimum atomic E-state index is -0.393. The number of thiophene rings is 1. The van der Waals surface area contributed by atoms with Crippen molar-refractivity contribution < 1.29 is 24.2 Å². The van der Waals surface area contributed by atoms with Gasteiger partial charge in [0.15, 0.2) is 0 Å². The Balaban J connectivity index is 1.24. The van der Waals surface area contributed by atoms with Crippen LogP contribution in [-0.2, 0) is 20.9 Å². The van der Waals surface area contributed by atoms with Gasteiger partial charge in [-0.1, -0.05) is 47.5 Å². The maximum atomic E-state index is 13.7. The molecule has 0 radical (unpaired) electrons. The molecule has 212 valence electrons. The maximum Gasteiger partial charge on any atom is 0.234 e. The molecule has 1 aromatic heterocycles. The summed E-state index contributed by atoms with van der Waals surface area (Å²) < 4.78 is 12.6. The first-order chi connectivity index (χ1) is 19.9. The lowest BCUT2D eigenvalue weighted by Crippen LogP contribution is -2.35. The summed E-state index contributed by atoms with van der Waals surface area (Å²) in [5.41, 5.74) is 4.20. The Labute approximate surface area is 248 Å². The number of benzene rings is 2. The summed E-state index contributed by atoms with van der Waals surface area (Å²) in [7, 11) is 0. The predicted octanol–water partition coefficient (Wildman–Crippen LogP) is 6.89. The SMILES string of the molecule is C/C(=C\c1ccc(O)cc1Cl)CC[C@H]1OC[C@H]2C1=C(COc1ccccc1)C[C@H]1C(=O)N(Cc3cccs3)C(=O)[C@H]12. The highest BCUT2D eigenvalue weighted by molar-refractivity contribution is 7.09. The van der Waals surface area contributed by atoms with E-state index in [9.17, 15) is 14.7 Å². The number of nitrogens with zero attached hydrogens (tertiary/aromatic N) is 1. The second-order valence-corrected chi connectivity index (χ2v) is 12.4. The fraction of sp³-hybridized carbons (Fsp3) is 0.333. The van der Waals surface area contributed by atoms with Gasteiger partial charge in [0, 0.05) is 10.8 Å². The van der Waals surface area contributed by atoms with Crippen molar-refractivity contribution in [3.05, 3.63) is 98.2 Å². The number of amides is 2. The van der Waals surface area contributed by atoms with Crippen molar-refractivity contribution in [1.29, 1.82) is 0 Å². The molecule has 1 aliphatic carbocycles. The number of phenols is 1. The van der Waals surface area contributed by atoms with Crippen molar-refractivity contribution in [2.24, 2.45) is 17.8 Å². The number of allylic oxidation sites excluding steroid dienone is 1. The standard InChI is InChI=1S/C33H32ClNO5S/c1-20(14-21-10-11-23(36)16-28(21)34)9-12-29-30-22(18-39-24-6-3-2-4-7-24)15-26-31(27(30)19-40-29)33(38)35(32(26)37)17-25-8-5-13-41-25/h2-8,10-11,13-14,16,26-27,29,31,36H,9,12,15,17-19H2,1H3/b20-14+/t26-,27+,29-,31-/m1/s1. The number of fused-ring (bicyclic) bond motifs is 3. The van der Waals surface area contributed by atoms with Crippen molar-refractivity contribution in [2.75, 3.05) is 13.2 Å². The van der Waals surface area contributed by atoms with Gasteiger partial charge in [-0.15, -0.1) is 11.3 Å². The van der Waals surface area contributed by atoms with E-state index in [4.69, 9.17) is 21.1 Å². The molecule has 2 amide bonds. The largest absolute Gasteiger partial charge is 0.508 e. The van der Waals surface area contributed by atoms with E-state index < -0.39 is 5.92 Å². The molecule has 0 unspecified atom stereocenters. The van der Waals surface area contributed by atoms with E-state index in [0.717, 1.165) is 45.8 Å². The average molecular weight is 590 g/mol. The molecule has 2 aromatic carbocycles. The number of likely N-dealkylation sites (tertiary alicyclic amines) is 1. The molecular formula is C33H32ClNO5S. The van der Waals surface area contributed by atoms with Crippen molar-refractivity contribution in [3.63, 3.8) is 0 Å². The Bertz CT molecular complexity index is 1500. The van der Waals surface area contributed by atoms with Gasteiger partial charge < -0.3 is 14.6 Å². The number of rotatable bonds is 9. The lowest BCUT2D eigenvalue weighted by molar-refractivity contribution is -0.140. The van der Waals surface area contributed by atoms with Gasteiger partial charge in [0.2, 0.25) is 11.8 Å². The third-order valence-electron chi connectivity index (χ3n) is 8.34. The van der Waals surface area contributed by atoms with Crippen molar-refractivity contribution >= 4 is 40.8 Å². The molecule has 8 heteroatoms. The summed E-state index contributed by atoms with van der Waals surface area (Å²) >= 11 is 7.87.